The zero-order chi connectivity index (χ0) is 11.9. The van der Waals surface area contributed by atoms with Crippen molar-refractivity contribution in [3.63, 3.8) is 0 Å². The Morgan fingerprint density at radius 2 is 2.12 bits per heavy atom. The summed E-state index contributed by atoms with van der Waals surface area (Å²) in [7, 11) is 0. The van der Waals surface area contributed by atoms with E-state index in [9.17, 15) is 9.59 Å². The number of rotatable bonds is 1. The molecule has 0 aliphatic carbocycles. The fraction of sp³-hybridized carbons (Fsp3) is 0.0909. The van der Waals surface area contributed by atoms with Crippen molar-refractivity contribution >= 4 is 28.5 Å². The summed E-state index contributed by atoms with van der Waals surface area (Å²) in [6.45, 7) is 1.41. The van der Waals surface area contributed by atoms with E-state index in [1.165, 1.54) is 13.0 Å². The van der Waals surface area contributed by atoms with Crippen molar-refractivity contribution in [1.82, 2.24) is 0 Å². The van der Waals surface area contributed by atoms with Crippen LogP contribution in [-0.4, -0.2) is 11.1 Å². The van der Waals surface area contributed by atoms with E-state index in [-0.39, 0.29) is 32.7 Å². The second-order valence-electron chi connectivity index (χ2n) is 3.31. The van der Waals surface area contributed by atoms with Crippen LogP contribution < -0.4 is 5.43 Å². The number of hydrogen-bond donors (Lipinski definition) is 1. The van der Waals surface area contributed by atoms with Crippen LogP contribution in [0.4, 0.5) is 0 Å². The summed E-state index contributed by atoms with van der Waals surface area (Å²) in [4.78, 5) is 22.7. The third kappa shape index (κ3) is 1.47. The van der Waals surface area contributed by atoms with Gasteiger partial charge in [0.2, 0.25) is 5.76 Å². The Morgan fingerprint density at radius 1 is 1.44 bits per heavy atom. The van der Waals surface area contributed by atoms with Gasteiger partial charge in [0.05, 0.1) is 10.4 Å². The minimum absolute atomic E-state index is 0.0715. The molecule has 1 N–H and O–H groups in total. The molecule has 0 spiro atoms. The molecular weight excluding hydrogens is 232 g/mol. The average Bonchev–Trinajstić information content (AvgIpc) is 2.23. The zero-order valence-electron chi connectivity index (χ0n) is 8.28. The molecule has 0 aliphatic rings. The first kappa shape index (κ1) is 10.7. The quantitative estimate of drug-likeness (QED) is 0.829. The topological polar surface area (TPSA) is 67.5 Å². The summed E-state index contributed by atoms with van der Waals surface area (Å²) in [5, 5.41) is 9.37. The van der Waals surface area contributed by atoms with Gasteiger partial charge in [-0.05, 0) is 19.1 Å². The van der Waals surface area contributed by atoms with Crippen molar-refractivity contribution < 1.29 is 14.3 Å². The largest absolute Gasteiger partial charge is 0.475 e. The molecule has 2 rings (SSSR count). The Labute approximate surface area is 95.1 Å². The van der Waals surface area contributed by atoms with Crippen LogP contribution in [0.3, 0.4) is 0 Å². The highest BCUT2D eigenvalue weighted by atomic mass is 35.5. The Bertz CT molecular complexity index is 642. The van der Waals surface area contributed by atoms with Gasteiger partial charge in [-0.25, -0.2) is 4.79 Å². The molecule has 0 bridgehead atoms. The highest BCUT2D eigenvalue weighted by Crippen LogP contribution is 2.23. The SMILES string of the molecule is Cc1c(C(=O)O)oc2c(Cl)cccc2c1=O. The standard InChI is InChI=1S/C11H7ClO4/c1-5-8(13)6-3-2-4-7(12)10(6)16-9(5)11(14)15/h2-4H,1H3,(H,14,15). The molecule has 0 atom stereocenters. The summed E-state index contributed by atoms with van der Waals surface area (Å²) in [5.74, 6) is -1.65. The maximum Gasteiger partial charge on any atom is 0.372 e. The first-order valence-corrected chi connectivity index (χ1v) is 4.85. The molecule has 1 aromatic carbocycles. The third-order valence-corrected chi connectivity index (χ3v) is 2.59. The van der Waals surface area contributed by atoms with Gasteiger partial charge in [-0.2, -0.15) is 0 Å². The van der Waals surface area contributed by atoms with E-state index >= 15 is 0 Å². The van der Waals surface area contributed by atoms with Gasteiger partial charge in [-0.3, -0.25) is 4.79 Å². The molecule has 5 heteroatoms. The second kappa shape index (κ2) is 3.64. The van der Waals surface area contributed by atoms with Crippen LogP contribution in [0.2, 0.25) is 5.02 Å². The summed E-state index contributed by atoms with van der Waals surface area (Å²) in [6, 6.07) is 4.70. The lowest BCUT2D eigenvalue weighted by molar-refractivity contribution is 0.0661. The van der Waals surface area contributed by atoms with Crippen molar-refractivity contribution in [3.05, 3.63) is 44.8 Å². The van der Waals surface area contributed by atoms with Crippen LogP contribution in [0, 0.1) is 6.92 Å². The van der Waals surface area contributed by atoms with Gasteiger partial charge < -0.3 is 9.52 Å². The molecule has 0 saturated carbocycles. The number of benzene rings is 1. The molecule has 82 valence electrons. The number of carboxylic acids is 1. The van der Waals surface area contributed by atoms with Gasteiger partial charge in [0.25, 0.3) is 0 Å². The highest BCUT2D eigenvalue weighted by molar-refractivity contribution is 6.34. The van der Waals surface area contributed by atoms with E-state index in [4.69, 9.17) is 21.1 Å². The molecule has 16 heavy (non-hydrogen) atoms. The Kier molecular flexibility index (Phi) is 2.44. The first-order chi connectivity index (χ1) is 7.52. The van der Waals surface area contributed by atoms with Gasteiger partial charge in [0.15, 0.2) is 11.0 Å². The Morgan fingerprint density at radius 3 is 2.75 bits per heavy atom. The lowest BCUT2D eigenvalue weighted by Crippen LogP contribution is -2.12. The number of fused-ring (bicyclic) bond motifs is 1. The van der Waals surface area contributed by atoms with E-state index in [1.54, 1.807) is 12.1 Å². The predicted octanol–water partition coefficient (Wildman–Crippen LogP) is 2.45. The summed E-state index contributed by atoms with van der Waals surface area (Å²) in [6.07, 6.45) is 0. The fourth-order valence-electron chi connectivity index (χ4n) is 1.48. The molecule has 4 nitrogen and oxygen atoms in total. The van der Waals surface area contributed by atoms with Crippen LogP contribution in [0.25, 0.3) is 11.0 Å². The summed E-state index contributed by atoms with van der Waals surface area (Å²) >= 11 is 5.83. The van der Waals surface area contributed by atoms with Crippen LogP contribution in [-0.2, 0) is 0 Å². The van der Waals surface area contributed by atoms with E-state index in [0.29, 0.717) is 0 Å². The van der Waals surface area contributed by atoms with Crippen molar-refractivity contribution in [1.29, 1.82) is 0 Å². The molecule has 0 unspecified atom stereocenters. The lowest BCUT2D eigenvalue weighted by Gasteiger charge is -2.03. The number of para-hydroxylation sites is 1. The minimum atomic E-state index is -1.28. The van der Waals surface area contributed by atoms with Gasteiger partial charge in [0.1, 0.15) is 0 Å². The molecule has 0 radical (unpaired) electrons. The van der Waals surface area contributed by atoms with Gasteiger partial charge >= 0.3 is 5.97 Å². The fourth-order valence-corrected chi connectivity index (χ4v) is 1.69. The molecule has 1 heterocycles. The van der Waals surface area contributed by atoms with E-state index in [0.717, 1.165) is 0 Å². The zero-order valence-corrected chi connectivity index (χ0v) is 9.04. The predicted molar refractivity (Wildman–Crippen MR) is 59.2 cm³/mol. The summed E-state index contributed by atoms with van der Waals surface area (Å²) in [5.41, 5.74) is -0.194. The van der Waals surface area contributed by atoms with Crippen molar-refractivity contribution in [2.45, 2.75) is 6.92 Å². The first-order valence-electron chi connectivity index (χ1n) is 4.47. The van der Waals surface area contributed by atoms with E-state index in [1.807, 2.05) is 0 Å². The molecule has 0 fully saturated rings. The Hall–Kier alpha value is -1.81. The minimum Gasteiger partial charge on any atom is -0.475 e. The van der Waals surface area contributed by atoms with Gasteiger partial charge in [-0.1, -0.05) is 17.7 Å². The van der Waals surface area contributed by atoms with Crippen molar-refractivity contribution in [2.75, 3.05) is 0 Å². The van der Waals surface area contributed by atoms with Crippen molar-refractivity contribution in [3.8, 4) is 0 Å². The smallest absolute Gasteiger partial charge is 0.372 e. The number of hydrogen-bond acceptors (Lipinski definition) is 3. The van der Waals surface area contributed by atoms with Crippen LogP contribution in [0.1, 0.15) is 16.1 Å². The molecule has 0 aliphatic heterocycles. The third-order valence-electron chi connectivity index (χ3n) is 2.29. The molecular formula is C11H7ClO4. The molecule has 0 amide bonds. The van der Waals surface area contributed by atoms with Crippen LogP contribution in [0.15, 0.2) is 27.4 Å². The molecule has 2 aromatic rings. The normalized spacial score (nSPS) is 10.6. The second-order valence-corrected chi connectivity index (χ2v) is 3.71. The number of aromatic carboxylic acids is 1. The van der Waals surface area contributed by atoms with E-state index < -0.39 is 5.97 Å². The monoisotopic (exact) mass is 238 g/mol. The lowest BCUT2D eigenvalue weighted by atomic mass is 10.1. The molecule has 0 saturated heterocycles. The average molecular weight is 239 g/mol. The maximum atomic E-state index is 11.8. The van der Waals surface area contributed by atoms with Gasteiger partial charge in [0, 0.05) is 5.56 Å². The van der Waals surface area contributed by atoms with Gasteiger partial charge in [-0.15, -0.1) is 0 Å². The molecule has 1 aromatic heterocycles. The maximum absolute atomic E-state index is 11.8. The Balaban J connectivity index is 3.01. The van der Waals surface area contributed by atoms with E-state index in [2.05, 4.69) is 0 Å². The van der Waals surface area contributed by atoms with Crippen LogP contribution in [0.5, 0.6) is 0 Å². The van der Waals surface area contributed by atoms with Crippen molar-refractivity contribution in [2.24, 2.45) is 0 Å². The van der Waals surface area contributed by atoms with Crippen LogP contribution >= 0.6 is 11.6 Å². The number of halogens is 1. The number of carboxylic acid groups (broad SMARTS) is 1. The highest BCUT2D eigenvalue weighted by Gasteiger charge is 2.17. The number of carbonyl (C=O) groups is 1. The summed E-state index contributed by atoms with van der Waals surface area (Å²) < 4.78 is 5.13.